The Morgan fingerprint density at radius 3 is 2.41 bits per heavy atom. The third-order valence-electron chi connectivity index (χ3n) is 5.96. The first-order valence-corrected chi connectivity index (χ1v) is 10.9. The molecule has 1 N–H and O–H groups in total. The first kappa shape index (κ1) is 19.7. The fourth-order valence-electron chi connectivity index (χ4n) is 4.35. The van der Waals surface area contributed by atoms with Crippen molar-refractivity contribution in [2.24, 2.45) is 0 Å². The minimum atomic E-state index is -0.165. The van der Waals surface area contributed by atoms with Crippen molar-refractivity contribution < 1.29 is 9.59 Å². The minimum Gasteiger partial charge on any atom is -0.350 e. The van der Waals surface area contributed by atoms with Crippen LogP contribution in [0.25, 0.3) is 0 Å². The van der Waals surface area contributed by atoms with Crippen molar-refractivity contribution in [2.45, 2.75) is 57.9 Å². The number of carbonyl (C=O) groups excluding carboxylic acids is 2. The van der Waals surface area contributed by atoms with Gasteiger partial charge in [-0.15, -0.1) is 0 Å². The quantitative estimate of drug-likeness (QED) is 0.847. The van der Waals surface area contributed by atoms with Gasteiger partial charge in [0.1, 0.15) is 5.69 Å². The average Bonchev–Trinajstić information content (AvgIpc) is 2.93. The van der Waals surface area contributed by atoms with Crippen molar-refractivity contribution in [2.75, 3.05) is 19.6 Å². The van der Waals surface area contributed by atoms with Gasteiger partial charge in [0.2, 0.25) is 0 Å². The first-order valence-electron chi connectivity index (χ1n) is 10.9. The first-order chi connectivity index (χ1) is 14.2. The summed E-state index contributed by atoms with van der Waals surface area (Å²) in [7, 11) is 0. The van der Waals surface area contributed by atoms with Gasteiger partial charge in [0.25, 0.3) is 11.8 Å². The van der Waals surface area contributed by atoms with Gasteiger partial charge in [0.05, 0.1) is 5.69 Å². The molecule has 2 aliphatic rings. The van der Waals surface area contributed by atoms with E-state index < -0.39 is 0 Å². The molecular formula is C23H30N4O2. The Bertz CT molecular complexity index is 851. The second-order valence-electron chi connectivity index (χ2n) is 8.04. The van der Waals surface area contributed by atoms with Crippen LogP contribution in [0, 0.1) is 0 Å². The number of aromatic nitrogens is 2. The van der Waals surface area contributed by atoms with Gasteiger partial charge in [-0.3, -0.25) is 9.59 Å². The van der Waals surface area contributed by atoms with Crippen LogP contribution >= 0.6 is 0 Å². The fourth-order valence-corrected chi connectivity index (χ4v) is 4.35. The van der Waals surface area contributed by atoms with E-state index in [9.17, 15) is 9.59 Å². The van der Waals surface area contributed by atoms with Gasteiger partial charge in [-0.1, -0.05) is 43.2 Å². The predicted molar refractivity (Wildman–Crippen MR) is 112 cm³/mol. The Balaban J connectivity index is 1.49. The average molecular weight is 395 g/mol. The molecule has 2 aliphatic heterocycles. The van der Waals surface area contributed by atoms with Crippen molar-refractivity contribution in [3.63, 3.8) is 0 Å². The number of hydrogen-bond donors (Lipinski definition) is 1. The standard InChI is InChI=1S/C23H30N4O2/c28-22(24-14-13-18-10-4-3-5-11-18)20-19-12-6-9-17-27(19)21(25-20)23(29)26-15-7-1-2-8-16-26/h3-5,10-11H,1-2,6-9,12-17H2,(H,24,28). The SMILES string of the molecule is O=C(NCCc1ccccc1)c1nc(C(=O)N2CCCCCC2)n2c1CCCC2. The van der Waals surface area contributed by atoms with Crippen molar-refractivity contribution in [1.29, 1.82) is 0 Å². The van der Waals surface area contributed by atoms with Crippen molar-refractivity contribution in [1.82, 2.24) is 19.8 Å². The van der Waals surface area contributed by atoms with Gasteiger partial charge in [-0.25, -0.2) is 4.98 Å². The summed E-state index contributed by atoms with van der Waals surface area (Å²) in [5.74, 6) is 0.273. The van der Waals surface area contributed by atoms with Gasteiger partial charge in [-0.05, 0) is 44.1 Å². The molecule has 6 heteroatoms. The summed E-state index contributed by atoms with van der Waals surface area (Å²) in [5, 5.41) is 3.00. The maximum Gasteiger partial charge on any atom is 0.289 e. The summed E-state index contributed by atoms with van der Waals surface area (Å²) in [6.07, 6.45) is 8.10. The zero-order valence-corrected chi connectivity index (χ0v) is 17.0. The maximum atomic E-state index is 13.2. The Hall–Kier alpha value is -2.63. The molecule has 0 unspecified atom stereocenters. The monoisotopic (exact) mass is 394 g/mol. The van der Waals surface area contributed by atoms with E-state index in [0.29, 0.717) is 18.1 Å². The third kappa shape index (κ3) is 4.52. The molecule has 4 rings (SSSR count). The number of amides is 2. The topological polar surface area (TPSA) is 67.2 Å². The molecule has 0 radical (unpaired) electrons. The Morgan fingerprint density at radius 1 is 0.931 bits per heavy atom. The zero-order valence-electron chi connectivity index (χ0n) is 17.0. The highest BCUT2D eigenvalue weighted by Gasteiger charge is 2.29. The van der Waals surface area contributed by atoms with Crippen LogP contribution in [0.4, 0.5) is 0 Å². The van der Waals surface area contributed by atoms with Gasteiger partial charge in [0.15, 0.2) is 5.82 Å². The van der Waals surface area contributed by atoms with Gasteiger partial charge < -0.3 is 14.8 Å². The molecule has 6 nitrogen and oxygen atoms in total. The molecule has 3 heterocycles. The molecule has 1 fully saturated rings. The lowest BCUT2D eigenvalue weighted by Crippen LogP contribution is -2.34. The summed E-state index contributed by atoms with van der Waals surface area (Å²) >= 11 is 0. The number of likely N-dealkylation sites (tertiary alicyclic amines) is 1. The van der Waals surface area contributed by atoms with Crippen molar-refractivity contribution >= 4 is 11.8 Å². The van der Waals surface area contributed by atoms with Crippen LogP contribution in [0.5, 0.6) is 0 Å². The van der Waals surface area contributed by atoms with E-state index >= 15 is 0 Å². The third-order valence-corrected chi connectivity index (χ3v) is 5.96. The molecular weight excluding hydrogens is 364 g/mol. The largest absolute Gasteiger partial charge is 0.350 e. The number of benzene rings is 1. The molecule has 154 valence electrons. The van der Waals surface area contributed by atoms with Crippen LogP contribution in [-0.4, -0.2) is 45.9 Å². The smallest absolute Gasteiger partial charge is 0.289 e. The molecule has 0 aliphatic carbocycles. The molecule has 1 saturated heterocycles. The summed E-state index contributed by atoms with van der Waals surface area (Å²) in [6, 6.07) is 10.1. The van der Waals surface area contributed by atoms with Crippen LogP contribution in [0.2, 0.25) is 0 Å². The van der Waals surface area contributed by atoms with Crippen LogP contribution in [0.1, 0.15) is 70.9 Å². The van der Waals surface area contributed by atoms with Gasteiger partial charge >= 0.3 is 0 Å². The second-order valence-corrected chi connectivity index (χ2v) is 8.04. The maximum absolute atomic E-state index is 13.2. The number of rotatable bonds is 5. The Labute approximate surface area is 172 Å². The molecule has 29 heavy (non-hydrogen) atoms. The van der Waals surface area contributed by atoms with Crippen LogP contribution in [0.15, 0.2) is 30.3 Å². The summed E-state index contributed by atoms with van der Waals surface area (Å²) in [6.45, 7) is 2.92. The number of hydrogen-bond acceptors (Lipinski definition) is 3. The molecule has 0 saturated carbocycles. The van der Waals surface area contributed by atoms with Gasteiger partial charge in [0, 0.05) is 26.2 Å². The van der Waals surface area contributed by atoms with Crippen LogP contribution in [-0.2, 0) is 19.4 Å². The van der Waals surface area contributed by atoms with E-state index in [1.54, 1.807) is 0 Å². The second kappa shape index (κ2) is 9.25. The van der Waals surface area contributed by atoms with E-state index in [4.69, 9.17) is 0 Å². The highest BCUT2D eigenvalue weighted by molar-refractivity contribution is 5.97. The molecule has 2 amide bonds. The Kier molecular flexibility index (Phi) is 6.27. The zero-order chi connectivity index (χ0) is 20.1. The van der Waals surface area contributed by atoms with E-state index in [1.165, 1.54) is 18.4 Å². The highest BCUT2D eigenvalue weighted by atomic mass is 16.2. The number of imidazole rings is 1. The van der Waals surface area contributed by atoms with Gasteiger partial charge in [-0.2, -0.15) is 0 Å². The van der Waals surface area contributed by atoms with Crippen molar-refractivity contribution in [3.8, 4) is 0 Å². The number of fused-ring (bicyclic) bond motifs is 1. The number of nitrogens with zero attached hydrogens (tertiary/aromatic N) is 3. The molecule has 1 aromatic heterocycles. The lowest BCUT2D eigenvalue weighted by atomic mass is 10.1. The van der Waals surface area contributed by atoms with Crippen molar-refractivity contribution in [3.05, 3.63) is 53.1 Å². The van der Waals surface area contributed by atoms with E-state index in [1.807, 2.05) is 27.7 Å². The Morgan fingerprint density at radius 2 is 1.66 bits per heavy atom. The minimum absolute atomic E-state index is 0.0154. The molecule has 2 aromatic rings. The molecule has 0 atom stereocenters. The fraction of sp³-hybridized carbons (Fsp3) is 0.522. The number of carbonyl (C=O) groups is 2. The molecule has 0 spiro atoms. The molecule has 1 aromatic carbocycles. The van der Waals surface area contributed by atoms with E-state index in [0.717, 1.165) is 63.9 Å². The highest BCUT2D eigenvalue weighted by Crippen LogP contribution is 2.23. The normalized spacial score (nSPS) is 16.8. The predicted octanol–water partition coefficient (Wildman–Crippen LogP) is 3.21. The van der Waals surface area contributed by atoms with E-state index in [2.05, 4.69) is 22.4 Å². The van der Waals surface area contributed by atoms with Crippen LogP contribution < -0.4 is 5.32 Å². The van der Waals surface area contributed by atoms with E-state index in [-0.39, 0.29) is 11.8 Å². The number of nitrogens with one attached hydrogen (secondary N) is 1. The lowest BCUT2D eigenvalue weighted by molar-refractivity contribution is 0.0743. The summed E-state index contributed by atoms with van der Waals surface area (Å²) in [5.41, 5.74) is 2.55. The lowest BCUT2D eigenvalue weighted by Gasteiger charge is -2.22. The molecule has 0 bridgehead atoms. The summed E-state index contributed by atoms with van der Waals surface area (Å²) < 4.78 is 2.00. The summed E-state index contributed by atoms with van der Waals surface area (Å²) in [4.78, 5) is 32.5. The van der Waals surface area contributed by atoms with Crippen LogP contribution in [0.3, 0.4) is 0 Å².